The van der Waals surface area contributed by atoms with Crippen molar-refractivity contribution in [1.82, 2.24) is 19.5 Å². The number of pyridine rings is 1. The Morgan fingerprint density at radius 2 is 2.10 bits per heavy atom. The molecule has 0 bridgehead atoms. The van der Waals surface area contributed by atoms with Crippen LogP contribution in [0.2, 0.25) is 0 Å². The number of carbonyl (C=O) groups is 1. The summed E-state index contributed by atoms with van der Waals surface area (Å²) in [5.74, 6) is -0.178. The molecule has 3 heterocycles. The third-order valence-corrected chi connectivity index (χ3v) is 6.12. The second-order valence-corrected chi connectivity index (χ2v) is 9.92. The van der Waals surface area contributed by atoms with E-state index in [1.807, 2.05) is 6.07 Å². The van der Waals surface area contributed by atoms with Gasteiger partial charge in [0, 0.05) is 42.6 Å². The summed E-state index contributed by atoms with van der Waals surface area (Å²) in [6.45, 7) is 0.914. The summed E-state index contributed by atoms with van der Waals surface area (Å²) in [6.07, 6.45) is 4.38. The SMILES string of the molecule is COc1ccc(F)cc1-c1ccc2nc([C@@H]3CCCN(C(=O)CS(C)(=O)=O)C3)nn2c1. The molecule has 10 heteroatoms. The molecule has 1 aliphatic rings. The Hall–Kier alpha value is -3.01. The van der Waals surface area contributed by atoms with Crippen molar-refractivity contribution >= 4 is 21.4 Å². The Morgan fingerprint density at radius 1 is 1.29 bits per heavy atom. The minimum atomic E-state index is -3.38. The smallest absolute Gasteiger partial charge is 0.237 e. The van der Waals surface area contributed by atoms with Crippen molar-refractivity contribution < 1.29 is 22.3 Å². The predicted molar refractivity (Wildman–Crippen MR) is 113 cm³/mol. The molecule has 1 aromatic carbocycles. The van der Waals surface area contributed by atoms with E-state index in [-0.39, 0.29) is 11.7 Å². The van der Waals surface area contributed by atoms with E-state index in [0.29, 0.717) is 35.9 Å². The van der Waals surface area contributed by atoms with Crippen LogP contribution in [0.3, 0.4) is 0 Å². The number of aromatic nitrogens is 3. The lowest BCUT2D eigenvalue weighted by molar-refractivity contribution is -0.129. The van der Waals surface area contributed by atoms with Gasteiger partial charge < -0.3 is 9.64 Å². The molecule has 3 aromatic rings. The normalized spacial score (nSPS) is 17.1. The van der Waals surface area contributed by atoms with E-state index in [2.05, 4.69) is 10.1 Å². The van der Waals surface area contributed by atoms with Crippen molar-refractivity contribution in [3.05, 3.63) is 48.2 Å². The van der Waals surface area contributed by atoms with Crippen LogP contribution in [0.5, 0.6) is 5.75 Å². The maximum Gasteiger partial charge on any atom is 0.237 e. The van der Waals surface area contributed by atoms with Crippen LogP contribution in [0.4, 0.5) is 4.39 Å². The molecular weight excluding hydrogens is 423 g/mol. The van der Waals surface area contributed by atoms with Gasteiger partial charge in [-0.1, -0.05) is 0 Å². The molecule has 164 valence electrons. The van der Waals surface area contributed by atoms with Crippen molar-refractivity contribution in [2.45, 2.75) is 18.8 Å². The van der Waals surface area contributed by atoms with Crippen LogP contribution in [-0.4, -0.2) is 66.0 Å². The standard InChI is InChI=1S/C21H23FN4O4S/c1-30-18-7-6-16(22)10-17(18)14-5-8-19-23-21(24-26(19)12-14)15-4-3-9-25(11-15)20(27)13-31(2,28)29/h5-8,10,12,15H,3-4,9,11,13H2,1-2H3/t15-/m1/s1. The Balaban J connectivity index is 1.60. The molecule has 1 amide bonds. The maximum absolute atomic E-state index is 13.8. The van der Waals surface area contributed by atoms with Gasteiger partial charge >= 0.3 is 0 Å². The Labute approximate surface area is 179 Å². The van der Waals surface area contributed by atoms with E-state index >= 15 is 0 Å². The van der Waals surface area contributed by atoms with E-state index in [9.17, 15) is 17.6 Å². The molecule has 0 aliphatic carbocycles. The van der Waals surface area contributed by atoms with E-state index in [1.54, 1.807) is 27.7 Å². The number of halogens is 1. The number of hydrogen-bond donors (Lipinski definition) is 0. The van der Waals surface area contributed by atoms with Crippen LogP contribution >= 0.6 is 0 Å². The first-order chi connectivity index (χ1) is 14.7. The van der Waals surface area contributed by atoms with Crippen molar-refractivity contribution in [3.8, 4) is 16.9 Å². The van der Waals surface area contributed by atoms with Crippen LogP contribution in [-0.2, 0) is 14.6 Å². The fourth-order valence-electron chi connectivity index (χ4n) is 3.87. The second-order valence-electron chi connectivity index (χ2n) is 7.78. The van der Waals surface area contributed by atoms with Crippen LogP contribution < -0.4 is 4.74 Å². The van der Waals surface area contributed by atoms with Crippen molar-refractivity contribution in [2.24, 2.45) is 0 Å². The molecule has 0 spiro atoms. The van der Waals surface area contributed by atoms with Crippen LogP contribution in [0.1, 0.15) is 24.6 Å². The molecular formula is C21H23FN4O4S. The van der Waals surface area contributed by atoms with Crippen molar-refractivity contribution in [3.63, 3.8) is 0 Å². The van der Waals surface area contributed by atoms with Crippen molar-refractivity contribution in [2.75, 3.05) is 32.2 Å². The lowest BCUT2D eigenvalue weighted by Crippen LogP contribution is -2.42. The minimum absolute atomic E-state index is 0.0793. The van der Waals surface area contributed by atoms with Gasteiger partial charge in [0.25, 0.3) is 0 Å². The van der Waals surface area contributed by atoms with E-state index < -0.39 is 21.5 Å². The van der Waals surface area contributed by atoms with Gasteiger partial charge in [0.2, 0.25) is 5.91 Å². The van der Waals surface area contributed by atoms with Crippen LogP contribution in [0.15, 0.2) is 36.5 Å². The van der Waals surface area contributed by atoms with Gasteiger partial charge in [-0.15, -0.1) is 0 Å². The number of benzene rings is 1. The van der Waals surface area contributed by atoms with E-state index in [1.165, 1.54) is 19.2 Å². The molecule has 2 aromatic heterocycles. The third-order valence-electron chi connectivity index (χ3n) is 5.34. The minimum Gasteiger partial charge on any atom is -0.496 e. The number of methoxy groups -OCH3 is 1. The van der Waals surface area contributed by atoms with Gasteiger partial charge in [-0.2, -0.15) is 5.10 Å². The average molecular weight is 447 g/mol. The Kier molecular flexibility index (Phi) is 5.65. The van der Waals surface area contributed by atoms with Gasteiger partial charge in [0.05, 0.1) is 7.11 Å². The number of carbonyl (C=O) groups excluding carboxylic acids is 1. The largest absolute Gasteiger partial charge is 0.496 e. The molecule has 1 atom stereocenters. The summed E-state index contributed by atoms with van der Waals surface area (Å²) in [7, 11) is -1.85. The number of rotatable bonds is 5. The molecule has 8 nitrogen and oxygen atoms in total. The van der Waals surface area contributed by atoms with Gasteiger partial charge in [-0.25, -0.2) is 22.3 Å². The fraction of sp³-hybridized carbons (Fsp3) is 0.381. The highest BCUT2D eigenvalue weighted by Gasteiger charge is 2.28. The number of amides is 1. The van der Waals surface area contributed by atoms with Gasteiger partial charge in [-0.05, 0) is 43.2 Å². The molecule has 4 rings (SSSR count). The zero-order valence-electron chi connectivity index (χ0n) is 17.3. The first-order valence-electron chi connectivity index (χ1n) is 9.89. The monoisotopic (exact) mass is 446 g/mol. The Morgan fingerprint density at radius 3 is 2.84 bits per heavy atom. The quantitative estimate of drug-likeness (QED) is 0.597. The summed E-state index contributed by atoms with van der Waals surface area (Å²) in [5.41, 5.74) is 1.97. The highest BCUT2D eigenvalue weighted by Crippen LogP contribution is 2.31. The summed E-state index contributed by atoms with van der Waals surface area (Å²) >= 11 is 0. The zero-order valence-corrected chi connectivity index (χ0v) is 18.1. The van der Waals surface area contributed by atoms with Gasteiger partial charge in [0.1, 0.15) is 17.3 Å². The van der Waals surface area contributed by atoms with E-state index in [4.69, 9.17) is 4.74 Å². The molecule has 0 radical (unpaired) electrons. The molecule has 1 fully saturated rings. The first-order valence-corrected chi connectivity index (χ1v) is 12.0. The number of fused-ring (bicyclic) bond motifs is 1. The predicted octanol–water partition coefficient (Wildman–Crippen LogP) is 2.29. The molecule has 31 heavy (non-hydrogen) atoms. The average Bonchev–Trinajstić information content (AvgIpc) is 3.16. The topological polar surface area (TPSA) is 93.9 Å². The lowest BCUT2D eigenvalue weighted by Gasteiger charge is -2.31. The second kappa shape index (κ2) is 8.26. The van der Waals surface area contributed by atoms with Crippen LogP contribution in [0.25, 0.3) is 16.8 Å². The highest BCUT2D eigenvalue weighted by molar-refractivity contribution is 7.91. The molecule has 0 N–H and O–H groups in total. The lowest BCUT2D eigenvalue weighted by atomic mass is 9.97. The molecule has 0 unspecified atom stereocenters. The number of piperidine rings is 1. The number of sulfone groups is 1. The fourth-order valence-corrected chi connectivity index (χ4v) is 4.50. The number of ether oxygens (including phenoxy) is 1. The number of hydrogen-bond acceptors (Lipinski definition) is 6. The number of likely N-dealkylation sites (tertiary alicyclic amines) is 1. The maximum atomic E-state index is 13.8. The summed E-state index contributed by atoms with van der Waals surface area (Å²) < 4.78 is 43.7. The zero-order chi connectivity index (χ0) is 22.2. The molecule has 1 aliphatic heterocycles. The number of nitrogens with zero attached hydrogens (tertiary/aromatic N) is 4. The molecule has 1 saturated heterocycles. The summed E-state index contributed by atoms with van der Waals surface area (Å²) in [5, 5.41) is 4.58. The van der Waals surface area contributed by atoms with Gasteiger partial charge in [-0.3, -0.25) is 4.79 Å². The van der Waals surface area contributed by atoms with Gasteiger partial charge in [0.15, 0.2) is 21.3 Å². The Bertz CT molecular complexity index is 1240. The molecule has 0 saturated carbocycles. The van der Waals surface area contributed by atoms with E-state index in [0.717, 1.165) is 24.7 Å². The summed E-state index contributed by atoms with van der Waals surface area (Å²) in [4.78, 5) is 18.5. The van der Waals surface area contributed by atoms with Crippen LogP contribution in [0, 0.1) is 5.82 Å². The third kappa shape index (κ3) is 4.68. The summed E-state index contributed by atoms with van der Waals surface area (Å²) in [6, 6.07) is 7.95. The first kappa shape index (κ1) is 21.2. The van der Waals surface area contributed by atoms with Crippen molar-refractivity contribution in [1.29, 1.82) is 0 Å². The highest BCUT2D eigenvalue weighted by atomic mass is 32.2.